The summed E-state index contributed by atoms with van der Waals surface area (Å²) in [6, 6.07) is 6.29. The van der Waals surface area contributed by atoms with Crippen LogP contribution in [0.3, 0.4) is 0 Å². The van der Waals surface area contributed by atoms with Gasteiger partial charge in [-0.25, -0.2) is 4.68 Å². The van der Waals surface area contributed by atoms with Gasteiger partial charge < -0.3 is 9.64 Å². The van der Waals surface area contributed by atoms with Crippen LogP contribution in [0.1, 0.15) is 17.2 Å². The molecule has 4 rings (SSSR count). The Labute approximate surface area is 192 Å². The molecule has 7 nitrogen and oxygen atoms in total. The maximum Gasteiger partial charge on any atom is 0.416 e. The molecule has 1 aliphatic rings. The van der Waals surface area contributed by atoms with Gasteiger partial charge in [0.25, 0.3) is 0 Å². The number of nitrogens with zero attached hydrogens (tertiary/aromatic N) is 5. The Balaban J connectivity index is 1.56. The molecular formula is C22H19ClF3N5O2. The Kier molecular flexibility index (Phi) is 6.48. The van der Waals surface area contributed by atoms with E-state index in [0.717, 1.165) is 17.7 Å². The first kappa shape index (κ1) is 22.9. The summed E-state index contributed by atoms with van der Waals surface area (Å²) in [6.07, 6.45) is 1.17. The van der Waals surface area contributed by atoms with Gasteiger partial charge in [0.05, 0.1) is 30.5 Å². The quantitative estimate of drug-likeness (QED) is 0.498. The van der Waals surface area contributed by atoms with E-state index < -0.39 is 23.9 Å². The van der Waals surface area contributed by atoms with E-state index in [1.165, 1.54) is 12.1 Å². The second kappa shape index (κ2) is 9.32. The number of rotatable bonds is 6. The zero-order valence-electron chi connectivity index (χ0n) is 17.2. The third-order valence-corrected chi connectivity index (χ3v) is 5.73. The molecule has 0 radical (unpaired) electrons. The van der Waals surface area contributed by atoms with E-state index in [4.69, 9.17) is 16.3 Å². The van der Waals surface area contributed by atoms with Gasteiger partial charge in [0.2, 0.25) is 5.91 Å². The lowest BCUT2D eigenvalue weighted by Crippen LogP contribution is -2.28. The first-order chi connectivity index (χ1) is 15.8. The van der Waals surface area contributed by atoms with Crippen LogP contribution in [-0.4, -0.2) is 50.0 Å². The highest BCUT2D eigenvalue weighted by Crippen LogP contribution is 2.33. The molecule has 1 fully saturated rings. The number of ether oxygens (including phenoxy) is 1. The summed E-state index contributed by atoms with van der Waals surface area (Å²) < 4.78 is 46.8. The van der Waals surface area contributed by atoms with Gasteiger partial charge >= 0.3 is 6.18 Å². The van der Waals surface area contributed by atoms with Crippen molar-refractivity contribution in [3.8, 4) is 11.3 Å². The third kappa shape index (κ3) is 5.07. The highest BCUT2D eigenvalue weighted by molar-refractivity contribution is 6.31. The van der Waals surface area contributed by atoms with Crippen molar-refractivity contribution in [2.24, 2.45) is 0 Å². The second-order valence-corrected chi connectivity index (χ2v) is 7.90. The standard InChI is InChI=1S/C22H19ClF3N5O2/c1-2-21(32)30-11-19(31-10-18(28-29-31)14-4-3-7-27-9-14)20(12-30)33-13-15-8-16(22(24,25)26)5-6-17(15)23/h2-10,19-20H,1,11-13H2/t19-,20-/m1/s1. The van der Waals surface area contributed by atoms with Crippen molar-refractivity contribution >= 4 is 17.5 Å². The van der Waals surface area contributed by atoms with Crippen LogP contribution in [-0.2, 0) is 22.3 Å². The van der Waals surface area contributed by atoms with E-state index >= 15 is 0 Å². The van der Waals surface area contributed by atoms with Gasteiger partial charge in [0.15, 0.2) is 0 Å². The lowest BCUT2D eigenvalue weighted by atomic mass is 10.1. The number of pyridine rings is 1. The number of carbonyl (C=O) groups excluding carboxylic acids is 1. The molecule has 172 valence electrons. The molecule has 0 aliphatic carbocycles. The molecule has 0 spiro atoms. The predicted octanol–water partition coefficient (Wildman–Crippen LogP) is 4.17. The van der Waals surface area contributed by atoms with Crippen LogP contribution in [0.25, 0.3) is 11.3 Å². The van der Waals surface area contributed by atoms with Gasteiger partial charge in [-0.2, -0.15) is 13.2 Å². The molecule has 33 heavy (non-hydrogen) atoms. The van der Waals surface area contributed by atoms with Crippen molar-refractivity contribution in [1.82, 2.24) is 24.9 Å². The van der Waals surface area contributed by atoms with E-state index in [-0.39, 0.29) is 36.2 Å². The molecule has 0 saturated carbocycles. The van der Waals surface area contributed by atoms with Crippen LogP contribution in [0.15, 0.2) is 61.6 Å². The summed E-state index contributed by atoms with van der Waals surface area (Å²) in [5.74, 6) is -0.282. The average Bonchev–Trinajstić information content (AvgIpc) is 3.45. The number of likely N-dealkylation sites (tertiary alicyclic amines) is 1. The molecule has 0 bridgehead atoms. The van der Waals surface area contributed by atoms with Crippen molar-refractivity contribution < 1.29 is 22.7 Å². The molecule has 3 heterocycles. The molecule has 2 aromatic heterocycles. The minimum atomic E-state index is -4.49. The van der Waals surface area contributed by atoms with Gasteiger partial charge in [0, 0.05) is 36.1 Å². The Morgan fingerprint density at radius 2 is 2.12 bits per heavy atom. The number of halogens is 4. The van der Waals surface area contributed by atoms with Crippen molar-refractivity contribution in [2.45, 2.75) is 24.9 Å². The Bertz CT molecular complexity index is 1150. The maximum atomic E-state index is 13.1. The average molecular weight is 478 g/mol. The summed E-state index contributed by atoms with van der Waals surface area (Å²) in [6.45, 7) is 3.85. The first-order valence-corrected chi connectivity index (χ1v) is 10.3. The second-order valence-electron chi connectivity index (χ2n) is 7.49. The van der Waals surface area contributed by atoms with Crippen molar-refractivity contribution in [1.29, 1.82) is 0 Å². The molecule has 0 N–H and O–H groups in total. The normalized spacial score (nSPS) is 18.5. The zero-order chi connectivity index (χ0) is 23.6. The Morgan fingerprint density at radius 3 is 2.82 bits per heavy atom. The molecule has 11 heteroatoms. The highest BCUT2D eigenvalue weighted by Gasteiger charge is 2.38. The summed E-state index contributed by atoms with van der Waals surface area (Å²) >= 11 is 6.10. The van der Waals surface area contributed by atoms with E-state index in [9.17, 15) is 18.0 Å². The highest BCUT2D eigenvalue weighted by atomic mass is 35.5. The summed E-state index contributed by atoms with van der Waals surface area (Å²) in [4.78, 5) is 17.8. The van der Waals surface area contributed by atoms with Crippen molar-refractivity contribution in [2.75, 3.05) is 13.1 Å². The lowest BCUT2D eigenvalue weighted by Gasteiger charge is -2.19. The van der Waals surface area contributed by atoms with Crippen LogP contribution in [0, 0.1) is 0 Å². The number of amides is 1. The van der Waals surface area contributed by atoms with Crippen molar-refractivity contribution in [3.63, 3.8) is 0 Å². The van der Waals surface area contributed by atoms with Crippen LogP contribution in [0.4, 0.5) is 13.2 Å². The number of benzene rings is 1. The summed E-state index contributed by atoms with van der Waals surface area (Å²) in [7, 11) is 0. The minimum absolute atomic E-state index is 0.163. The molecule has 1 amide bonds. The number of alkyl halides is 3. The van der Waals surface area contributed by atoms with E-state index in [2.05, 4.69) is 21.9 Å². The SMILES string of the molecule is C=CC(=O)N1C[C@@H](n2cc(-c3cccnc3)nn2)[C@H](OCc2cc(C(F)(F)F)ccc2Cl)C1. The fraction of sp³-hybridized carbons (Fsp3) is 0.273. The third-order valence-electron chi connectivity index (χ3n) is 5.36. The van der Waals surface area contributed by atoms with Crippen LogP contribution < -0.4 is 0 Å². The van der Waals surface area contributed by atoms with Gasteiger partial charge in [0.1, 0.15) is 5.69 Å². The largest absolute Gasteiger partial charge is 0.416 e. The monoisotopic (exact) mass is 477 g/mol. The van der Waals surface area contributed by atoms with Gasteiger partial charge in [-0.3, -0.25) is 9.78 Å². The Morgan fingerprint density at radius 1 is 1.30 bits per heavy atom. The molecular weight excluding hydrogens is 459 g/mol. The lowest BCUT2D eigenvalue weighted by molar-refractivity contribution is -0.137. The molecule has 0 unspecified atom stereocenters. The van der Waals surface area contributed by atoms with Crippen LogP contribution in [0.2, 0.25) is 5.02 Å². The number of carbonyl (C=O) groups is 1. The number of aromatic nitrogens is 4. The van der Waals surface area contributed by atoms with Gasteiger partial charge in [-0.1, -0.05) is 23.4 Å². The fourth-order valence-corrected chi connectivity index (χ4v) is 3.80. The topological polar surface area (TPSA) is 73.1 Å². The smallest absolute Gasteiger partial charge is 0.369 e. The predicted molar refractivity (Wildman–Crippen MR) is 114 cm³/mol. The first-order valence-electron chi connectivity index (χ1n) is 9.97. The van der Waals surface area contributed by atoms with Crippen LogP contribution >= 0.6 is 11.6 Å². The molecule has 3 aromatic rings. The zero-order valence-corrected chi connectivity index (χ0v) is 18.0. The minimum Gasteiger partial charge on any atom is -0.369 e. The van der Waals surface area contributed by atoms with Gasteiger partial charge in [-0.05, 0) is 42.0 Å². The molecule has 1 aromatic carbocycles. The maximum absolute atomic E-state index is 13.1. The van der Waals surface area contributed by atoms with Gasteiger partial charge in [-0.15, -0.1) is 5.10 Å². The van der Waals surface area contributed by atoms with Crippen LogP contribution in [0.5, 0.6) is 0 Å². The molecule has 1 saturated heterocycles. The van der Waals surface area contributed by atoms with E-state index in [0.29, 0.717) is 5.69 Å². The fourth-order valence-electron chi connectivity index (χ4n) is 3.63. The number of hydrogen-bond acceptors (Lipinski definition) is 5. The molecule has 2 atom stereocenters. The van der Waals surface area contributed by atoms with Crippen molar-refractivity contribution in [3.05, 3.63) is 77.7 Å². The summed E-state index contributed by atoms with van der Waals surface area (Å²) in [5.41, 5.74) is 0.757. The van der Waals surface area contributed by atoms with E-state index in [1.54, 1.807) is 34.2 Å². The number of hydrogen-bond donors (Lipinski definition) is 0. The van der Waals surface area contributed by atoms with E-state index in [1.807, 2.05) is 6.07 Å². The Hall–Kier alpha value is -3.24. The molecule has 1 aliphatic heterocycles. The summed E-state index contributed by atoms with van der Waals surface area (Å²) in [5, 5.41) is 8.52.